The van der Waals surface area contributed by atoms with Crippen molar-refractivity contribution in [3.8, 4) is 5.75 Å². The molecular weight excluding hydrogens is 241 g/mol. The molecule has 0 unspecified atom stereocenters. The van der Waals surface area contributed by atoms with Crippen molar-refractivity contribution in [2.75, 3.05) is 19.0 Å². The summed E-state index contributed by atoms with van der Waals surface area (Å²) in [4.78, 5) is 0. The van der Waals surface area contributed by atoms with Gasteiger partial charge in [-0.1, -0.05) is 36.4 Å². The topological polar surface area (TPSA) is 21.3 Å². The van der Waals surface area contributed by atoms with E-state index >= 15 is 0 Å². The van der Waals surface area contributed by atoms with Crippen LogP contribution >= 0.6 is 0 Å². The number of nitrogens with one attached hydrogen (secondary N) is 1. The molecule has 0 aliphatic rings. The number of benzene rings is 2. The van der Waals surface area contributed by atoms with Gasteiger partial charge >= 0.3 is 0 Å². The molecule has 19 heavy (non-hydrogen) atoms. The second kappa shape index (κ2) is 6.59. The highest BCUT2D eigenvalue weighted by atomic mass is 19.1. The molecule has 0 spiro atoms. The Balaban J connectivity index is 1.93. The van der Waals surface area contributed by atoms with Crippen molar-refractivity contribution in [1.82, 2.24) is 0 Å². The first-order valence-electron chi connectivity index (χ1n) is 6.08. The minimum Gasteiger partial charge on any atom is -0.496 e. The van der Waals surface area contributed by atoms with Crippen LogP contribution in [0.5, 0.6) is 5.75 Å². The Hall–Kier alpha value is -2.29. The van der Waals surface area contributed by atoms with E-state index in [1.807, 2.05) is 42.5 Å². The van der Waals surface area contributed by atoms with Crippen LogP contribution in [0.2, 0.25) is 0 Å². The van der Waals surface area contributed by atoms with E-state index in [-0.39, 0.29) is 5.82 Å². The van der Waals surface area contributed by atoms with Crippen molar-refractivity contribution in [2.45, 2.75) is 0 Å². The minimum absolute atomic E-state index is 0.237. The average Bonchev–Trinajstić information content (AvgIpc) is 2.44. The maximum atomic E-state index is 13.0. The van der Waals surface area contributed by atoms with Crippen LogP contribution in [-0.2, 0) is 0 Å². The van der Waals surface area contributed by atoms with Gasteiger partial charge in [0.15, 0.2) is 0 Å². The van der Waals surface area contributed by atoms with E-state index in [4.69, 9.17) is 4.74 Å². The second-order valence-electron chi connectivity index (χ2n) is 4.04. The molecule has 2 aromatic rings. The van der Waals surface area contributed by atoms with Gasteiger partial charge in [-0.15, -0.1) is 0 Å². The van der Waals surface area contributed by atoms with E-state index in [9.17, 15) is 4.39 Å². The maximum Gasteiger partial charge on any atom is 0.126 e. The van der Waals surface area contributed by atoms with Gasteiger partial charge in [0.2, 0.25) is 0 Å². The lowest BCUT2D eigenvalue weighted by Gasteiger charge is -2.04. The highest BCUT2D eigenvalue weighted by Gasteiger charge is 1.96. The van der Waals surface area contributed by atoms with Crippen LogP contribution in [0.15, 0.2) is 54.6 Å². The standard InChI is InChI=1S/C16H16FNO/c1-19-16-10-3-2-6-13(16)7-5-11-18-15-9-4-8-14(17)12-15/h2-10,12,18H,11H2,1H3. The van der Waals surface area contributed by atoms with Crippen LogP contribution < -0.4 is 10.1 Å². The van der Waals surface area contributed by atoms with E-state index in [1.54, 1.807) is 13.2 Å². The lowest BCUT2D eigenvalue weighted by Crippen LogP contribution is -1.98. The molecule has 0 atom stereocenters. The number of anilines is 1. The number of halogens is 1. The first kappa shape index (κ1) is 13.1. The van der Waals surface area contributed by atoms with E-state index in [0.29, 0.717) is 6.54 Å². The van der Waals surface area contributed by atoms with Gasteiger partial charge in [0, 0.05) is 17.8 Å². The SMILES string of the molecule is COc1ccccc1C=CCNc1cccc(F)c1. The molecule has 3 heteroatoms. The third-order valence-corrected chi connectivity index (χ3v) is 2.68. The van der Waals surface area contributed by atoms with Gasteiger partial charge in [0.05, 0.1) is 7.11 Å². The van der Waals surface area contributed by atoms with Crippen LogP contribution in [0.1, 0.15) is 5.56 Å². The molecule has 98 valence electrons. The van der Waals surface area contributed by atoms with Crippen molar-refractivity contribution >= 4 is 11.8 Å². The zero-order chi connectivity index (χ0) is 13.5. The van der Waals surface area contributed by atoms with Gasteiger partial charge in [-0.25, -0.2) is 4.39 Å². The quantitative estimate of drug-likeness (QED) is 0.875. The zero-order valence-electron chi connectivity index (χ0n) is 10.8. The molecule has 0 bridgehead atoms. The summed E-state index contributed by atoms with van der Waals surface area (Å²) in [6.45, 7) is 0.626. The summed E-state index contributed by atoms with van der Waals surface area (Å²) < 4.78 is 18.2. The van der Waals surface area contributed by atoms with Crippen LogP contribution in [0, 0.1) is 5.82 Å². The number of rotatable bonds is 5. The fraction of sp³-hybridized carbons (Fsp3) is 0.125. The zero-order valence-corrected chi connectivity index (χ0v) is 10.8. The third kappa shape index (κ3) is 3.85. The highest BCUT2D eigenvalue weighted by molar-refractivity contribution is 5.57. The summed E-state index contributed by atoms with van der Waals surface area (Å²) in [5, 5.41) is 3.13. The molecule has 1 N–H and O–H groups in total. The first-order chi connectivity index (χ1) is 9.29. The Labute approximate surface area is 112 Å². The smallest absolute Gasteiger partial charge is 0.126 e. The fourth-order valence-corrected chi connectivity index (χ4v) is 1.77. The first-order valence-corrected chi connectivity index (χ1v) is 6.08. The molecule has 0 saturated heterocycles. The van der Waals surface area contributed by atoms with E-state index < -0.39 is 0 Å². The van der Waals surface area contributed by atoms with Gasteiger partial charge < -0.3 is 10.1 Å². The third-order valence-electron chi connectivity index (χ3n) is 2.68. The summed E-state index contributed by atoms with van der Waals surface area (Å²) in [5.41, 5.74) is 1.79. The largest absolute Gasteiger partial charge is 0.496 e. The van der Waals surface area contributed by atoms with Crippen molar-refractivity contribution in [1.29, 1.82) is 0 Å². The Morgan fingerprint density at radius 3 is 2.79 bits per heavy atom. The molecule has 0 saturated carbocycles. The van der Waals surface area contributed by atoms with E-state index in [2.05, 4.69) is 5.32 Å². The monoisotopic (exact) mass is 257 g/mol. The van der Waals surface area contributed by atoms with Gasteiger partial charge in [-0.3, -0.25) is 0 Å². The summed E-state index contributed by atoms with van der Waals surface area (Å²) in [6.07, 6.45) is 3.95. The fourth-order valence-electron chi connectivity index (χ4n) is 1.77. The van der Waals surface area contributed by atoms with Crippen molar-refractivity contribution in [2.24, 2.45) is 0 Å². The Kier molecular flexibility index (Phi) is 4.56. The van der Waals surface area contributed by atoms with Gasteiger partial charge in [-0.2, -0.15) is 0 Å². The van der Waals surface area contributed by atoms with Crippen LogP contribution in [-0.4, -0.2) is 13.7 Å². The van der Waals surface area contributed by atoms with Gasteiger partial charge in [0.1, 0.15) is 11.6 Å². The summed E-state index contributed by atoms with van der Waals surface area (Å²) in [7, 11) is 1.65. The predicted octanol–water partition coefficient (Wildman–Crippen LogP) is 3.96. The number of hydrogen-bond acceptors (Lipinski definition) is 2. The molecule has 2 aromatic carbocycles. The van der Waals surface area contributed by atoms with Crippen LogP contribution in [0.3, 0.4) is 0 Å². The average molecular weight is 257 g/mol. The molecule has 0 aromatic heterocycles. The maximum absolute atomic E-state index is 13.0. The summed E-state index contributed by atoms with van der Waals surface area (Å²) >= 11 is 0. The Morgan fingerprint density at radius 2 is 2.00 bits per heavy atom. The molecule has 0 amide bonds. The van der Waals surface area contributed by atoms with E-state index in [0.717, 1.165) is 17.0 Å². The van der Waals surface area contributed by atoms with Crippen molar-refractivity contribution in [3.05, 3.63) is 66.0 Å². The number of methoxy groups -OCH3 is 1. The second-order valence-corrected chi connectivity index (χ2v) is 4.04. The number of ether oxygens (including phenoxy) is 1. The number of hydrogen-bond donors (Lipinski definition) is 1. The lowest BCUT2D eigenvalue weighted by molar-refractivity contribution is 0.414. The molecule has 2 rings (SSSR count). The molecular formula is C16H16FNO. The highest BCUT2D eigenvalue weighted by Crippen LogP contribution is 2.18. The Morgan fingerprint density at radius 1 is 1.16 bits per heavy atom. The summed E-state index contributed by atoms with van der Waals surface area (Å²) in [5.74, 6) is 0.600. The predicted molar refractivity (Wildman–Crippen MR) is 76.9 cm³/mol. The Bertz CT molecular complexity index is 566. The summed E-state index contributed by atoms with van der Waals surface area (Å²) in [6, 6.07) is 14.2. The number of para-hydroxylation sites is 1. The minimum atomic E-state index is -0.237. The van der Waals surface area contributed by atoms with Crippen molar-refractivity contribution < 1.29 is 9.13 Å². The lowest BCUT2D eigenvalue weighted by atomic mass is 10.2. The van der Waals surface area contributed by atoms with Crippen LogP contribution in [0.4, 0.5) is 10.1 Å². The molecule has 2 nitrogen and oxygen atoms in total. The molecule has 0 fully saturated rings. The van der Waals surface area contributed by atoms with E-state index in [1.165, 1.54) is 12.1 Å². The normalized spacial score (nSPS) is 10.6. The molecule has 0 aliphatic heterocycles. The van der Waals surface area contributed by atoms with Gasteiger partial charge in [-0.05, 0) is 24.3 Å². The van der Waals surface area contributed by atoms with Crippen LogP contribution in [0.25, 0.3) is 6.08 Å². The van der Waals surface area contributed by atoms with Crippen molar-refractivity contribution in [3.63, 3.8) is 0 Å². The molecule has 0 aliphatic carbocycles. The molecule has 0 heterocycles. The van der Waals surface area contributed by atoms with Gasteiger partial charge in [0.25, 0.3) is 0 Å². The molecule has 0 radical (unpaired) electrons.